The zero-order valence-electron chi connectivity index (χ0n) is 19.4. The van der Waals surface area contributed by atoms with Crippen molar-refractivity contribution in [3.05, 3.63) is 87.7 Å². The molecule has 0 radical (unpaired) electrons. The molecule has 182 valence electrons. The van der Waals surface area contributed by atoms with Gasteiger partial charge in [0.25, 0.3) is 11.8 Å². The van der Waals surface area contributed by atoms with E-state index >= 15 is 0 Å². The van der Waals surface area contributed by atoms with Gasteiger partial charge in [-0.2, -0.15) is 0 Å². The maximum absolute atomic E-state index is 13.2. The summed E-state index contributed by atoms with van der Waals surface area (Å²) in [6, 6.07) is 10.8. The number of carbonyl (C=O) groups is 5. The molecule has 4 amide bonds. The molecule has 1 fully saturated rings. The number of carboxylic acid groups (broad SMARTS) is 2. The fraction of sp³-hybridized carbons (Fsp3) is 0.115. The third-order valence-corrected chi connectivity index (χ3v) is 5.81. The molecule has 0 atom stereocenters. The van der Waals surface area contributed by atoms with E-state index in [9.17, 15) is 34.2 Å². The number of benzene rings is 2. The van der Waals surface area contributed by atoms with Crippen molar-refractivity contribution in [3.8, 4) is 5.69 Å². The second-order valence-electron chi connectivity index (χ2n) is 8.30. The van der Waals surface area contributed by atoms with Crippen LogP contribution >= 0.6 is 0 Å². The number of imide groups is 2. The monoisotopic (exact) mass is 485 g/mol. The first-order chi connectivity index (χ1) is 17.0. The van der Waals surface area contributed by atoms with Crippen molar-refractivity contribution in [1.29, 1.82) is 0 Å². The third kappa shape index (κ3) is 4.27. The molecule has 0 bridgehead atoms. The zero-order valence-corrected chi connectivity index (χ0v) is 19.4. The molecule has 1 aliphatic heterocycles. The molecular weight excluding hydrogens is 466 g/mol. The number of aromatic carboxylic acids is 2. The highest BCUT2D eigenvalue weighted by Gasteiger charge is 2.37. The normalized spacial score (nSPS) is 14.8. The van der Waals surface area contributed by atoms with Crippen molar-refractivity contribution in [2.75, 3.05) is 4.90 Å². The van der Waals surface area contributed by atoms with Crippen molar-refractivity contribution in [2.45, 2.75) is 20.8 Å². The van der Waals surface area contributed by atoms with Crippen molar-refractivity contribution < 1.29 is 34.2 Å². The Morgan fingerprint density at radius 1 is 0.833 bits per heavy atom. The summed E-state index contributed by atoms with van der Waals surface area (Å²) in [5.41, 5.74) is 1.92. The number of amides is 4. The lowest BCUT2D eigenvalue weighted by atomic mass is 10.1. The van der Waals surface area contributed by atoms with Gasteiger partial charge in [-0.3, -0.25) is 14.9 Å². The summed E-state index contributed by atoms with van der Waals surface area (Å²) in [4.78, 5) is 61.8. The van der Waals surface area contributed by atoms with Crippen molar-refractivity contribution in [2.24, 2.45) is 0 Å². The fourth-order valence-electron chi connectivity index (χ4n) is 4.05. The number of hydrogen-bond acceptors (Lipinski definition) is 7. The Morgan fingerprint density at radius 3 is 1.97 bits per heavy atom. The number of rotatable bonds is 5. The van der Waals surface area contributed by atoms with E-state index in [1.54, 1.807) is 48.7 Å². The molecule has 4 rings (SSSR count). The Bertz CT molecular complexity index is 1460. The highest BCUT2D eigenvalue weighted by atomic mass is 16.4. The van der Waals surface area contributed by atoms with Crippen molar-refractivity contribution in [3.63, 3.8) is 0 Å². The summed E-state index contributed by atoms with van der Waals surface area (Å²) in [6.07, 6.45) is 1.33. The number of aromatic nitrogens is 1. The second-order valence-corrected chi connectivity index (χ2v) is 8.30. The third-order valence-electron chi connectivity index (χ3n) is 5.81. The Kier molecular flexibility index (Phi) is 6.03. The lowest BCUT2D eigenvalue weighted by Crippen LogP contribution is -2.54. The number of nitrogens with zero attached hydrogens (tertiary/aromatic N) is 2. The topological polar surface area (TPSA) is 152 Å². The molecular formula is C26H19N3O7-2. The Hall–Kier alpha value is -4.99. The lowest BCUT2D eigenvalue weighted by Gasteiger charge is -2.26. The van der Waals surface area contributed by atoms with Crippen molar-refractivity contribution >= 4 is 41.5 Å². The first-order valence-corrected chi connectivity index (χ1v) is 10.7. The summed E-state index contributed by atoms with van der Waals surface area (Å²) in [5, 5.41) is 25.0. The predicted molar refractivity (Wildman–Crippen MR) is 124 cm³/mol. The molecule has 10 heteroatoms. The van der Waals surface area contributed by atoms with E-state index in [2.05, 4.69) is 5.32 Å². The molecule has 2 heterocycles. The highest BCUT2D eigenvalue weighted by molar-refractivity contribution is 6.39. The Labute approximate surface area is 205 Å². The number of nitrogens with one attached hydrogen (secondary N) is 1. The van der Waals surface area contributed by atoms with Crippen LogP contribution in [0.5, 0.6) is 0 Å². The number of carbonyl (C=O) groups excluding carboxylic acids is 5. The number of hydrogen-bond donors (Lipinski definition) is 1. The number of aryl methyl sites for hydroxylation is 2. The predicted octanol–water partition coefficient (Wildman–Crippen LogP) is 0.796. The molecule has 1 N–H and O–H groups in total. The molecule has 0 unspecified atom stereocenters. The number of carboxylic acids is 2. The molecule has 1 aliphatic rings. The summed E-state index contributed by atoms with van der Waals surface area (Å²) in [5.74, 6) is -4.80. The Morgan fingerprint density at radius 2 is 1.42 bits per heavy atom. The van der Waals surface area contributed by atoms with Crippen molar-refractivity contribution in [1.82, 2.24) is 9.88 Å². The van der Waals surface area contributed by atoms with Gasteiger partial charge in [-0.15, -0.1) is 0 Å². The molecule has 2 aromatic carbocycles. The number of urea groups is 1. The van der Waals surface area contributed by atoms with Gasteiger partial charge in [-0.1, -0.05) is 17.7 Å². The summed E-state index contributed by atoms with van der Waals surface area (Å²) in [7, 11) is 0. The van der Waals surface area contributed by atoms with Gasteiger partial charge in [0.2, 0.25) is 0 Å². The van der Waals surface area contributed by atoms with E-state index in [1.807, 2.05) is 6.92 Å². The van der Waals surface area contributed by atoms with Crippen LogP contribution in [0.4, 0.5) is 10.5 Å². The van der Waals surface area contributed by atoms with Crippen LogP contribution in [0.25, 0.3) is 11.8 Å². The first-order valence-electron chi connectivity index (χ1n) is 10.7. The minimum atomic E-state index is -1.56. The van der Waals surface area contributed by atoms with Gasteiger partial charge in [0.05, 0.1) is 17.6 Å². The zero-order chi connectivity index (χ0) is 26.3. The molecule has 0 saturated carbocycles. The number of anilines is 1. The summed E-state index contributed by atoms with van der Waals surface area (Å²) < 4.78 is 1.57. The van der Waals surface area contributed by atoms with E-state index < -0.39 is 29.8 Å². The molecule has 0 spiro atoms. The Balaban J connectivity index is 1.80. The van der Waals surface area contributed by atoms with Gasteiger partial charge in [-0.25, -0.2) is 9.69 Å². The minimum absolute atomic E-state index is 0.214. The average molecular weight is 485 g/mol. The first kappa shape index (κ1) is 24.1. The SMILES string of the molecule is Cc1ccc(N2C(=O)NC(=O)/C(=C\c3cc(C)n(-c4cc(C(=O)[O-])cc(C(=O)[O-])c4)c3C)C2=O)cc1. The molecule has 1 saturated heterocycles. The minimum Gasteiger partial charge on any atom is -0.545 e. The van der Waals surface area contributed by atoms with Gasteiger partial charge in [0.1, 0.15) is 5.57 Å². The second kappa shape index (κ2) is 8.99. The van der Waals surface area contributed by atoms with Crippen LogP contribution < -0.4 is 20.4 Å². The van der Waals surface area contributed by atoms with Gasteiger partial charge in [0, 0.05) is 17.1 Å². The summed E-state index contributed by atoms with van der Waals surface area (Å²) in [6.45, 7) is 5.19. The average Bonchev–Trinajstić information content (AvgIpc) is 3.10. The van der Waals surface area contributed by atoms with Gasteiger partial charge >= 0.3 is 6.03 Å². The van der Waals surface area contributed by atoms with Crippen LogP contribution in [0.2, 0.25) is 0 Å². The van der Waals surface area contributed by atoms with E-state index in [-0.39, 0.29) is 22.4 Å². The fourth-order valence-corrected chi connectivity index (χ4v) is 4.05. The standard InChI is InChI=1S/C26H21N3O7/c1-13-4-6-19(7-5-13)29-23(31)21(22(30)27-26(29)36)12-16-8-14(2)28(15(16)3)20-10-17(24(32)33)9-18(11-20)25(34)35/h4-12H,1-3H3,(H,32,33)(H,34,35)(H,27,30,36)/p-2/b21-12+. The van der Waals surface area contributed by atoms with E-state index in [4.69, 9.17) is 0 Å². The van der Waals surface area contributed by atoms with Crippen LogP contribution in [0.3, 0.4) is 0 Å². The van der Waals surface area contributed by atoms with Crippen LogP contribution in [0.15, 0.2) is 54.1 Å². The van der Waals surface area contributed by atoms with Crippen LogP contribution in [-0.2, 0) is 9.59 Å². The smallest absolute Gasteiger partial charge is 0.335 e. The van der Waals surface area contributed by atoms with Gasteiger partial charge in [0.15, 0.2) is 0 Å². The van der Waals surface area contributed by atoms with Crippen LogP contribution in [0, 0.1) is 20.8 Å². The molecule has 1 aromatic heterocycles. The quantitative estimate of drug-likeness (QED) is 0.414. The van der Waals surface area contributed by atoms with Gasteiger partial charge in [-0.05, 0) is 79.9 Å². The van der Waals surface area contributed by atoms with E-state index in [1.165, 1.54) is 18.2 Å². The molecule has 3 aromatic rings. The van der Waals surface area contributed by atoms with E-state index in [0.717, 1.165) is 16.5 Å². The van der Waals surface area contributed by atoms with Crippen LogP contribution in [-0.4, -0.2) is 34.4 Å². The maximum atomic E-state index is 13.2. The largest absolute Gasteiger partial charge is 0.545 e. The molecule has 0 aliphatic carbocycles. The highest BCUT2D eigenvalue weighted by Crippen LogP contribution is 2.27. The number of barbiturate groups is 1. The lowest BCUT2D eigenvalue weighted by molar-refractivity contribution is -0.255. The van der Waals surface area contributed by atoms with Crippen LogP contribution in [0.1, 0.15) is 43.2 Å². The maximum Gasteiger partial charge on any atom is 0.335 e. The molecule has 10 nitrogen and oxygen atoms in total. The van der Waals surface area contributed by atoms with E-state index in [0.29, 0.717) is 22.6 Å². The molecule has 36 heavy (non-hydrogen) atoms. The van der Waals surface area contributed by atoms with Gasteiger partial charge < -0.3 is 24.4 Å². The summed E-state index contributed by atoms with van der Waals surface area (Å²) >= 11 is 0.